The van der Waals surface area contributed by atoms with Gasteiger partial charge in [0.25, 0.3) is 5.91 Å². The Hall–Kier alpha value is -2.28. The number of nitrogens with one attached hydrogen (secondary N) is 2. The van der Waals surface area contributed by atoms with Gasteiger partial charge in [-0.2, -0.15) is 0 Å². The van der Waals surface area contributed by atoms with Crippen molar-refractivity contribution >= 4 is 36.4 Å². The van der Waals surface area contributed by atoms with Crippen molar-refractivity contribution in [1.82, 2.24) is 20.0 Å². The van der Waals surface area contributed by atoms with Crippen molar-refractivity contribution in [1.29, 1.82) is 0 Å². The molecule has 2 N–H and O–H groups in total. The summed E-state index contributed by atoms with van der Waals surface area (Å²) in [6.45, 7) is 4.27. The lowest BCUT2D eigenvalue weighted by Gasteiger charge is -2.23. The second kappa shape index (κ2) is 10.5. The molecule has 8 heteroatoms. The molecule has 2 aromatic heterocycles. The molecule has 3 aromatic rings. The van der Waals surface area contributed by atoms with Crippen molar-refractivity contribution in [3.63, 3.8) is 0 Å². The van der Waals surface area contributed by atoms with Gasteiger partial charge in [0, 0.05) is 30.5 Å². The van der Waals surface area contributed by atoms with Gasteiger partial charge in [0.2, 0.25) is 0 Å². The van der Waals surface area contributed by atoms with E-state index in [1.54, 1.807) is 6.07 Å². The quantitative estimate of drug-likeness (QED) is 0.641. The minimum absolute atomic E-state index is 0. The molecule has 1 atom stereocenters. The van der Waals surface area contributed by atoms with Crippen LogP contribution in [-0.4, -0.2) is 34.4 Å². The summed E-state index contributed by atoms with van der Waals surface area (Å²) in [4.78, 5) is 17.0. The number of aromatic nitrogens is 2. The number of halogens is 2. The number of benzene rings is 1. The Bertz CT molecular complexity index is 955. The first-order valence-electron chi connectivity index (χ1n) is 9.36. The lowest BCUT2D eigenvalue weighted by Crippen LogP contribution is -2.45. The van der Waals surface area contributed by atoms with E-state index in [1.165, 1.54) is 5.56 Å². The van der Waals surface area contributed by atoms with E-state index >= 15 is 0 Å². The zero-order valence-corrected chi connectivity index (χ0v) is 17.9. The molecular formula is C21H26Cl2N4O2. The SMILES string of the molecule is Cc1ccc2nc(COc3cccc(C(=O)NC4CCCNC4)c3)cn2c1.Cl.Cl. The summed E-state index contributed by atoms with van der Waals surface area (Å²) in [5, 5.41) is 6.39. The lowest BCUT2D eigenvalue weighted by molar-refractivity contribution is 0.0930. The molecular weight excluding hydrogens is 411 g/mol. The standard InChI is InChI=1S/C21H24N4O2.2ClH/c1-15-7-8-20-23-18(13-25(20)12-15)14-27-19-6-2-4-16(10-19)21(26)24-17-5-3-9-22-11-17;;/h2,4,6-8,10,12-13,17,22H,3,5,9,11,14H2,1H3,(H,24,26);2*1H. The molecule has 156 valence electrons. The van der Waals surface area contributed by atoms with E-state index < -0.39 is 0 Å². The number of nitrogens with zero attached hydrogens (tertiary/aromatic N) is 2. The first-order valence-corrected chi connectivity index (χ1v) is 9.36. The fourth-order valence-corrected chi connectivity index (χ4v) is 3.35. The van der Waals surface area contributed by atoms with Gasteiger partial charge in [-0.25, -0.2) is 4.98 Å². The fourth-order valence-electron chi connectivity index (χ4n) is 3.35. The Morgan fingerprint density at radius 3 is 2.93 bits per heavy atom. The first kappa shape index (κ1) is 23.0. The van der Waals surface area contributed by atoms with Gasteiger partial charge in [0.05, 0.1) is 5.69 Å². The molecule has 4 rings (SSSR count). The van der Waals surface area contributed by atoms with Crippen LogP contribution in [0.5, 0.6) is 5.75 Å². The van der Waals surface area contributed by atoms with Crippen LogP contribution in [0.3, 0.4) is 0 Å². The minimum Gasteiger partial charge on any atom is -0.487 e. The maximum Gasteiger partial charge on any atom is 0.251 e. The van der Waals surface area contributed by atoms with Gasteiger partial charge in [0.15, 0.2) is 0 Å². The Labute approximate surface area is 182 Å². The zero-order valence-electron chi connectivity index (χ0n) is 16.3. The number of piperidine rings is 1. The number of ether oxygens (including phenoxy) is 1. The molecule has 1 amide bonds. The van der Waals surface area contributed by atoms with Crippen molar-refractivity contribution in [2.45, 2.75) is 32.4 Å². The largest absolute Gasteiger partial charge is 0.487 e. The summed E-state index contributed by atoms with van der Waals surface area (Å²) in [5.41, 5.74) is 3.54. The molecule has 29 heavy (non-hydrogen) atoms. The summed E-state index contributed by atoms with van der Waals surface area (Å²) >= 11 is 0. The summed E-state index contributed by atoms with van der Waals surface area (Å²) in [5.74, 6) is 0.606. The summed E-state index contributed by atoms with van der Waals surface area (Å²) < 4.78 is 7.86. The topological polar surface area (TPSA) is 67.7 Å². The van der Waals surface area contributed by atoms with E-state index in [9.17, 15) is 4.79 Å². The van der Waals surface area contributed by atoms with Crippen molar-refractivity contribution in [2.75, 3.05) is 13.1 Å². The molecule has 1 aliphatic heterocycles. The van der Waals surface area contributed by atoms with Gasteiger partial charge in [0.1, 0.15) is 18.0 Å². The van der Waals surface area contributed by atoms with Crippen LogP contribution >= 0.6 is 24.8 Å². The smallest absolute Gasteiger partial charge is 0.251 e. The monoisotopic (exact) mass is 436 g/mol. The van der Waals surface area contributed by atoms with E-state index in [0.29, 0.717) is 17.9 Å². The number of carbonyl (C=O) groups is 1. The number of hydrogen-bond donors (Lipinski definition) is 2. The van der Waals surface area contributed by atoms with Gasteiger partial charge < -0.3 is 19.8 Å². The molecule has 1 saturated heterocycles. The molecule has 0 radical (unpaired) electrons. The van der Waals surface area contributed by atoms with E-state index in [0.717, 1.165) is 37.3 Å². The lowest BCUT2D eigenvalue weighted by atomic mass is 10.1. The molecule has 0 spiro atoms. The fraction of sp³-hybridized carbons (Fsp3) is 0.333. The highest BCUT2D eigenvalue weighted by atomic mass is 35.5. The Morgan fingerprint density at radius 1 is 1.28 bits per heavy atom. The van der Waals surface area contributed by atoms with E-state index in [2.05, 4.69) is 22.5 Å². The zero-order chi connectivity index (χ0) is 18.6. The Kier molecular flexibility index (Phi) is 8.32. The van der Waals surface area contributed by atoms with E-state index in [4.69, 9.17) is 4.74 Å². The maximum atomic E-state index is 12.5. The second-order valence-electron chi connectivity index (χ2n) is 7.04. The van der Waals surface area contributed by atoms with Crippen LogP contribution in [0, 0.1) is 6.92 Å². The van der Waals surface area contributed by atoms with Crippen molar-refractivity contribution in [3.8, 4) is 5.75 Å². The number of carbonyl (C=O) groups excluding carboxylic acids is 1. The van der Waals surface area contributed by atoms with Crippen LogP contribution in [0.2, 0.25) is 0 Å². The summed E-state index contributed by atoms with van der Waals surface area (Å²) in [6.07, 6.45) is 6.11. The number of amides is 1. The highest BCUT2D eigenvalue weighted by Gasteiger charge is 2.16. The van der Waals surface area contributed by atoms with Crippen LogP contribution in [-0.2, 0) is 6.61 Å². The minimum atomic E-state index is -0.0580. The molecule has 1 aliphatic rings. The normalized spacial score (nSPS) is 15.8. The number of fused-ring (bicyclic) bond motifs is 1. The third-order valence-electron chi connectivity index (χ3n) is 4.76. The van der Waals surface area contributed by atoms with Gasteiger partial charge in [-0.05, 0) is 56.1 Å². The van der Waals surface area contributed by atoms with Crippen molar-refractivity contribution in [3.05, 3.63) is 65.6 Å². The third-order valence-corrected chi connectivity index (χ3v) is 4.76. The predicted molar refractivity (Wildman–Crippen MR) is 119 cm³/mol. The number of imidazole rings is 1. The molecule has 1 aromatic carbocycles. The Balaban J connectivity index is 0.00000150. The summed E-state index contributed by atoms with van der Waals surface area (Å²) in [6, 6.07) is 11.5. The molecule has 6 nitrogen and oxygen atoms in total. The number of aryl methyl sites for hydroxylation is 1. The first-order chi connectivity index (χ1) is 13.2. The highest BCUT2D eigenvalue weighted by molar-refractivity contribution is 5.94. The van der Waals surface area contributed by atoms with Crippen LogP contribution < -0.4 is 15.4 Å². The summed E-state index contributed by atoms with van der Waals surface area (Å²) in [7, 11) is 0. The van der Waals surface area contributed by atoms with Crippen LogP contribution in [0.25, 0.3) is 5.65 Å². The van der Waals surface area contributed by atoms with Gasteiger partial charge in [-0.15, -0.1) is 24.8 Å². The number of rotatable bonds is 5. The van der Waals surface area contributed by atoms with E-state index in [1.807, 2.05) is 47.1 Å². The predicted octanol–water partition coefficient (Wildman–Crippen LogP) is 3.55. The van der Waals surface area contributed by atoms with Crippen molar-refractivity contribution < 1.29 is 9.53 Å². The maximum absolute atomic E-state index is 12.5. The molecule has 1 fully saturated rings. The number of hydrogen-bond acceptors (Lipinski definition) is 4. The van der Waals surface area contributed by atoms with Gasteiger partial charge in [-0.3, -0.25) is 4.79 Å². The van der Waals surface area contributed by atoms with Crippen LogP contribution in [0.15, 0.2) is 48.8 Å². The average molecular weight is 437 g/mol. The average Bonchev–Trinajstić information content (AvgIpc) is 3.09. The van der Waals surface area contributed by atoms with Gasteiger partial charge in [-0.1, -0.05) is 12.1 Å². The van der Waals surface area contributed by atoms with Crippen molar-refractivity contribution in [2.24, 2.45) is 0 Å². The second-order valence-corrected chi connectivity index (χ2v) is 7.04. The molecule has 3 heterocycles. The van der Waals surface area contributed by atoms with Crippen LogP contribution in [0.4, 0.5) is 0 Å². The molecule has 0 saturated carbocycles. The van der Waals surface area contributed by atoms with Crippen LogP contribution in [0.1, 0.15) is 34.5 Å². The van der Waals surface area contributed by atoms with E-state index in [-0.39, 0.29) is 36.8 Å². The highest BCUT2D eigenvalue weighted by Crippen LogP contribution is 2.16. The molecule has 1 unspecified atom stereocenters. The van der Waals surface area contributed by atoms with Gasteiger partial charge >= 0.3 is 0 Å². The molecule has 0 aliphatic carbocycles. The molecule has 0 bridgehead atoms. The number of pyridine rings is 1. The Morgan fingerprint density at radius 2 is 2.14 bits per heavy atom. The third kappa shape index (κ3) is 5.85.